The van der Waals surface area contributed by atoms with Crippen molar-refractivity contribution in [2.24, 2.45) is 5.92 Å². The first-order valence-electron chi connectivity index (χ1n) is 6.24. The summed E-state index contributed by atoms with van der Waals surface area (Å²) in [5, 5.41) is 2.76. The summed E-state index contributed by atoms with van der Waals surface area (Å²) in [4.78, 5) is 25.3. The maximum atomic E-state index is 12.2. The molecular formula is C12H21FN2O2. The van der Waals surface area contributed by atoms with Crippen molar-refractivity contribution in [3.05, 3.63) is 0 Å². The van der Waals surface area contributed by atoms with Gasteiger partial charge >= 0.3 is 0 Å². The quantitative estimate of drug-likeness (QED) is 0.787. The van der Waals surface area contributed by atoms with E-state index in [1.807, 2.05) is 13.8 Å². The van der Waals surface area contributed by atoms with Gasteiger partial charge in [0, 0.05) is 19.5 Å². The third-order valence-corrected chi connectivity index (χ3v) is 3.28. The zero-order valence-electron chi connectivity index (χ0n) is 10.5. The van der Waals surface area contributed by atoms with Gasteiger partial charge in [0.1, 0.15) is 6.04 Å². The Morgan fingerprint density at radius 3 is 2.82 bits per heavy atom. The van der Waals surface area contributed by atoms with Gasteiger partial charge in [-0.2, -0.15) is 0 Å². The normalized spacial score (nSPS) is 23.2. The van der Waals surface area contributed by atoms with Crippen molar-refractivity contribution in [2.45, 2.75) is 39.2 Å². The first-order chi connectivity index (χ1) is 8.10. The summed E-state index contributed by atoms with van der Waals surface area (Å²) in [7, 11) is 0. The van der Waals surface area contributed by atoms with E-state index in [2.05, 4.69) is 5.32 Å². The Hall–Kier alpha value is -1.13. The predicted octanol–water partition coefficient (Wildman–Crippen LogP) is 1.11. The lowest BCUT2D eigenvalue weighted by Gasteiger charge is -2.26. The molecule has 1 fully saturated rings. The van der Waals surface area contributed by atoms with E-state index in [0.717, 1.165) is 6.42 Å². The van der Waals surface area contributed by atoms with E-state index >= 15 is 0 Å². The second kappa shape index (κ2) is 6.57. The molecule has 4 nitrogen and oxygen atoms in total. The second-order valence-electron chi connectivity index (χ2n) is 4.55. The van der Waals surface area contributed by atoms with Crippen LogP contribution in [0.15, 0.2) is 0 Å². The van der Waals surface area contributed by atoms with E-state index in [0.29, 0.717) is 25.9 Å². The van der Waals surface area contributed by atoms with Crippen LogP contribution in [0.1, 0.15) is 33.1 Å². The number of halogens is 1. The largest absolute Gasteiger partial charge is 0.344 e. The number of amides is 2. The number of hydrogen-bond donors (Lipinski definition) is 1. The fraction of sp³-hybridized carbons (Fsp3) is 0.833. The van der Waals surface area contributed by atoms with Crippen LogP contribution in [0.5, 0.6) is 0 Å². The van der Waals surface area contributed by atoms with Gasteiger partial charge in [0.05, 0.1) is 6.67 Å². The summed E-state index contributed by atoms with van der Waals surface area (Å²) in [6, 6.07) is -0.449. The van der Waals surface area contributed by atoms with Crippen LogP contribution < -0.4 is 5.32 Å². The third-order valence-electron chi connectivity index (χ3n) is 3.28. The Kier molecular flexibility index (Phi) is 5.38. The standard InChI is InChI=1S/C12H21FN2O2/c1-3-9(2)11-12(17)15(7-4-6-13)8-5-10(16)14-11/h9,11H,3-8H2,1-2H3,(H,14,16). The van der Waals surface area contributed by atoms with Crippen LogP contribution in [-0.4, -0.2) is 42.5 Å². The predicted molar refractivity (Wildman–Crippen MR) is 63.2 cm³/mol. The van der Waals surface area contributed by atoms with E-state index in [-0.39, 0.29) is 17.7 Å². The lowest BCUT2D eigenvalue weighted by atomic mass is 9.98. The molecule has 17 heavy (non-hydrogen) atoms. The van der Waals surface area contributed by atoms with Gasteiger partial charge in [-0.15, -0.1) is 0 Å². The molecule has 0 aliphatic carbocycles. The fourth-order valence-electron chi connectivity index (χ4n) is 1.94. The highest BCUT2D eigenvalue weighted by Gasteiger charge is 2.32. The lowest BCUT2D eigenvalue weighted by molar-refractivity contribution is -0.135. The molecule has 1 rings (SSSR count). The van der Waals surface area contributed by atoms with Gasteiger partial charge < -0.3 is 10.2 Å². The average molecular weight is 244 g/mol. The minimum absolute atomic E-state index is 0.0707. The number of rotatable bonds is 5. The van der Waals surface area contributed by atoms with Gasteiger partial charge in [-0.25, -0.2) is 0 Å². The van der Waals surface area contributed by atoms with Crippen molar-refractivity contribution in [3.63, 3.8) is 0 Å². The molecule has 0 saturated carbocycles. The molecule has 5 heteroatoms. The minimum Gasteiger partial charge on any atom is -0.344 e. The monoisotopic (exact) mass is 244 g/mol. The first-order valence-corrected chi connectivity index (χ1v) is 6.24. The summed E-state index contributed by atoms with van der Waals surface area (Å²) >= 11 is 0. The number of carbonyl (C=O) groups is 2. The van der Waals surface area contributed by atoms with Crippen LogP contribution in [0.3, 0.4) is 0 Å². The van der Waals surface area contributed by atoms with Gasteiger partial charge in [0.2, 0.25) is 11.8 Å². The van der Waals surface area contributed by atoms with Gasteiger partial charge in [-0.05, 0) is 12.3 Å². The molecule has 0 aromatic carbocycles. The Bertz CT molecular complexity index is 284. The molecule has 2 atom stereocenters. The molecule has 0 bridgehead atoms. The molecule has 1 aliphatic heterocycles. The molecule has 1 heterocycles. The summed E-state index contributed by atoms with van der Waals surface area (Å²) in [5.41, 5.74) is 0. The highest BCUT2D eigenvalue weighted by Crippen LogP contribution is 2.14. The van der Waals surface area contributed by atoms with Gasteiger partial charge in [0.25, 0.3) is 0 Å². The fourth-order valence-corrected chi connectivity index (χ4v) is 1.94. The minimum atomic E-state index is -0.449. The molecule has 0 aromatic heterocycles. The zero-order chi connectivity index (χ0) is 12.8. The van der Waals surface area contributed by atoms with Gasteiger partial charge in [-0.3, -0.25) is 14.0 Å². The SMILES string of the molecule is CCC(C)C1NC(=O)CCN(CCCF)C1=O. The van der Waals surface area contributed by atoms with Crippen LogP contribution >= 0.6 is 0 Å². The van der Waals surface area contributed by atoms with E-state index < -0.39 is 12.7 Å². The molecule has 2 unspecified atom stereocenters. The molecule has 2 amide bonds. The lowest BCUT2D eigenvalue weighted by Crippen LogP contribution is -2.48. The highest BCUT2D eigenvalue weighted by atomic mass is 19.1. The van der Waals surface area contributed by atoms with Crippen molar-refractivity contribution >= 4 is 11.8 Å². The topological polar surface area (TPSA) is 49.4 Å². The van der Waals surface area contributed by atoms with Gasteiger partial charge in [0.15, 0.2) is 0 Å². The van der Waals surface area contributed by atoms with Crippen molar-refractivity contribution in [1.29, 1.82) is 0 Å². The number of carbonyl (C=O) groups excluding carboxylic acids is 2. The highest BCUT2D eigenvalue weighted by molar-refractivity contribution is 5.90. The summed E-state index contributed by atoms with van der Waals surface area (Å²) in [6.07, 6.45) is 1.48. The molecule has 1 N–H and O–H groups in total. The number of hydrogen-bond acceptors (Lipinski definition) is 2. The zero-order valence-corrected chi connectivity index (χ0v) is 10.5. The number of alkyl halides is 1. The summed E-state index contributed by atoms with van der Waals surface area (Å²) < 4.78 is 12.2. The van der Waals surface area contributed by atoms with Crippen LogP contribution in [0.25, 0.3) is 0 Å². The second-order valence-corrected chi connectivity index (χ2v) is 4.55. The molecule has 98 valence electrons. The van der Waals surface area contributed by atoms with E-state index in [1.54, 1.807) is 4.90 Å². The van der Waals surface area contributed by atoms with Crippen molar-refractivity contribution < 1.29 is 14.0 Å². The number of nitrogens with one attached hydrogen (secondary N) is 1. The molecule has 1 saturated heterocycles. The maximum absolute atomic E-state index is 12.2. The Balaban J connectivity index is 2.74. The Morgan fingerprint density at radius 2 is 2.24 bits per heavy atom. The summed E-state index contributed by atoms with van der Waals surface area (Å²) in [6.45, 7) is 4.30. The molecular weight excluding hydrogens is 223 g/mol. The number of nitrogens with zero attached hydrogens (tertiary/aromatic N) is 1. The molecule has 0 spiro atoms. The van der Waals surface area contributed by atoms with Crippen molar-refractivity contribution in [1.82, 2.24) is 10.2 Å². The van der Waals surface area contributed by atoms with E-state index in [1.165, 1.54) is 0 Å². The third kappa shape index (κ3) is 3.68. The van der Waals surface area contributed by atoms with Gasteiger partial charge in [-0.1, -0.05) is 20.3 Å². The Labute approximate surface area is 102 Å². The molecule has 0 aromatic rings. The van der Waals surface area contributed by atoms with Crippen LogP contribution in [-0.2, 0) is 9.59 Å². The first kappa shape index (κ1) is 13.9. The van der Waals surface area contributed by atoms with Crippen LogP contribution in [0.2, 0.25) is 0 Å². The van der Waals surface area contributed by atoms with Crippen molar-refractivity contribution in [3.8, 4) is 0 Å². The average Bonchev–Trinajstić information content (AvgIpc) is 2.47. The maximum Gasteiger partial charge on any atom is 0.245 e. The smallest absolute Gasteiger partial charge is 0.245 e. The van der Waals surface area contributed by atoms with Crippen molar-refractivity contribution in [2.75, 3.05) is 19.8 Å². The molecule has 1 aliphatic rings. The van der Waals surface area contributed by atoms with Crippen LogP contribution in [0, 0.1) is 5.92 Å². The molecule has 0 radical (unpaired) electrons. The Morgan fingerprint density at radius 1 is 1.53 bits per heavy atom. The van der Waals surface area contributed by atoms with E-state index in [4.69, 9.17) is 0 Å². The van der Waals surface area contributed by atoms with E-state index in [9.17, 15) is 14.0 Å². The summed E-state index contributed by atoms with van der Waals surface area (Å²) in [5.74, 6) is -0.0533. The van der Waals surface area contributed by atoms with Crippen LogP contribution in [0.4, 0.5) is 4.39 Å².